The van der Waals surface area contributed by atoms with E-state index in [1.807, 2.05) is 105 Å². The van der Waals surface area contributed by atoms with Gasteiger partial charge in [-0.15, -0.1) is 0 Å². The number of fused-ring (bicyclic) bond motifs is 1. The van der Waals surface area contributed by atoms with Crippen LogP contribution in [-0.2, 0) is 5.54 Å². The summed E-state index contributed by atoms with van der Waals surface area (Å²) >= 11 is 0. The summed E-state index contributed by atoms with van der Waals surface area (Å²) in [6.45, 7) is 0. The summed E-state index contributed by atoms with van der Waals surface area (Å²) in [7, 11) is 9.51. The Labute approximate surface area is 233 Å². The number of nitrogens with one attached hydrogen (secondary N) is 1. The first-order chi connectivity index (χ1) is 19.2. The number of urea groups is 1. The molecule has 0 atom stereocenters. The van der Waals surface area contributed by atoms with E-state index in [-0.39, 0.29) is 11.7 Å². The maximum atomic E-state index is 14.1. The van der Waals surface area contributed by atoms with Crippen molar-refractivity contribution in [3.05, 3.63) is 118 Å². The van der Waals surface area contributed by atoms with Gasteiger partial charge < -0.3 is 19.9 Å². The molecule has 1 aliphatic heterocycles. The SMILES string of the molecule is COc1ccc2c(c1)C(c1ccc(N(C)C)cc1)(c1ccc(N(C)C)cc1)N(c1ccc([N+](=O)[O-])cc1)C(=O)N2. The number of nitrogens with zero attached hydrogens (tertiary/aromatic N) is 4. The summed E-state index contributed by atoms with van der Waals surface area (Å²) in [5.41, 5.74) is 4.47. The third-order valence-electron chi connectivity index (χ3n) is 7.32. The minimum atomic E-state index is -1.14. The molecule has 0 unspecified atom stereocenters. The van der Waals surface area contributed by atoms with Gasteiger partial charge in [0.2, 0.25) is 0 Å². The van der Waals surface area contributed by atoms with Crippen molar-refractivity contribution in [1.82, 2.24) is 0 Å². The number of hydrogen-bond acceptors (Lipinski definition) is 6. The molecule has 4 aromatic rings. The van der Waals surface area contributed by atoms with Crippen molar-refractivity contribution in [3.8, 4) is 5.75 Å². The maximum Gasteiger partial charge on any atom is 0.327 e. The average Bonchev–Trinajstić information content (AvgIpc) is 2.96. The predicted octanol–water partition coefficient (Wildman–Crippen LogP) is 6.08. The predicted molar refractivity (Wildman–Crippen MR) is 159 cm³/mol. The van der Waals surface area contributed by atoms with Gasteiger partial charge in [0, 0.05) is 68.6 Å². The molecule has 9 heteroatoms. The fourth-order valence-electron chi connectivity index (χ4n) is 5.27. The highest BCUT2D eigenvalue weighted by atomic mass is 16.6. The number of rotatable bonds is 7. The van der Waals surface area contributed by atoms with Crippen LogP contribution < -0.4 is 24.8 Å². The number of nitro benzene ring substituents is 1. The Hall–Kier alpha value is -5.05. The van der Waals surface area contributed by atoms with E-state index in [0.29, 0.717) is 17.1 Å². The van der Waals surface area contributed by atoms with Crippen LogP contribution in [0.25, 0.3) is 0 Å². The second-order valence-corrected chi connectivity index (χ2v) is 10.0. The molecule has 0 aliphatic carbocycles. The van der Waals surface area contributed by atoms with E-state index in [9.17, 15) is 14.9 Å². The molecule has 0 aromatic heterocycles. The highest BCUT2D eigenvalue weighted by Crippen LogP contribution is 2.51. The lowest BCUT2D eigenvalue weighted by molar-refractivity contribution is -0.384. The minimum absolute atomic E-state index is 0.0560. The highest BCUT2D eigenvalue weighted by Gasteiger charge is 2.50. The first kappa shape index (κ1) is 26.6. The van der Waals surface area contributed by atoms with Crippen molar-refractivity contribution in [2.24, 2.45) is 0 Å². The van der Waals surface area contributed by atoms with E-state index < -0.39 is 10.5 Å². The molecule has 0 radical (unpaired) electrons. The second kappa shape index (κ2) is 10.3. The molecule has 5 rings (SSSR count). The number of amides is 2. The zero-order valence-electron chi connectivity index (χ0n) is 23.1. The van der Waals surface area contributed by atoms with Gasteiger partial charge in [-0.1, -0.05) is 24.3 Å². The molecule has 204 valence electrons. The van der Waals surface area contributed by atoms with Crippen LogP contribution in [0.3, 0.4) is 0 Å². The first-order valence-corrected chi connectivity index (χ1v) is 12.8. The van der Waals surface area contributed by atoms with Gasteiger partial charge in [-0.2, -0.15) is 0 Å². The molecule has 0 saturated carbocycles. The quantitative estimate of drug-likeness (QED) is 0.227. The van der Waals surface area contributed by atoms with E-state index in [4.69, 9.17) is 4.74 Å². The zero-order valence-corrected chi connectivity index (χ0v) is 23.1. The zero-order chi connectivity index (χ0) is 28.6. The lowest BCUT2D eigenvalue weighted by atomic mass is 9.73. The van der Waals surface area contributed by atoms with Crippen LogP contribution in [0.5, 0.6) is 5.75 Å². The van der Waals surface area contributed by atoms with Crippen molar-refractivity contribution in [2.75, 3.05) is 55.3 Å². The Bertz CT molecular complexity index is 1500. The third-order valence-corrected chi connectivity index (χ3v) is 7.32. The molecule has 0 spiro atoms. The molecule has 1 aliphatic rings. The van der Waals surface area contributed by atoms with Crippen LogP contribution in [0, 0.1) is 10.1 Å². The van der Waals surface area contributed by atoms with E-state index in [0.717, 1.165) is 28.1 Å². The number of non-ortho nitro benzene ring substituents is 1. The Morgan fingerprint density at radius 3 is 1.77 bits per heavy atom. The molecular formula is C31H31N5O4. The van der Waals surface area contributed by atoms with Gasteiger partial charge in [0.25, 0.3) is 5.69 Å². The van der Waals surface area contributed by atoms with E-state index >= 15 is 0 Å². The molecule has 4 aromatic carbocycles. The largest absolute Gasteiger partial charge is 0.497 e. The Morgan fingerprint density at radius 2 is 1.32 bits per heavy atom. The van der Waals surface area contributed by atoms with E-state index in [1.165, 1.54) is 12.1 Å². The van der Waals surface area contributed by atoms with Gasteiger partial charge in [-0.05, 0) is 65.7 Å². The van der Waals surface area contributed by atoms with Crippen LogP contribution >= 0.6 is 0 Å². The number of nitro groups is 1. The number of methoxy groups -OCH3 is 1. The van der Waals surface area contributed by atoms with Gasteiger partial charge in [-0.3, -0.25) is 15.0 Å². The van der Waals surface area contributed by atoms with Crippen LogP contribution in [0.1, 0.15) is 16.7 Å². The van der Waals surface area contributed by atoms with Crippen LogP contribution in [-0.4, -0.2) is 46.3 Å². The fourth-order valence-corrected chi connectivity index (χ4v) is 5.27. The smallest absolute Gasteiger partial charge is 0.327 e. The molecule has 0 fully saturated rings. The van der Waals surface area contributed by atoms with E-state index in [1.54, 1.807) is 24.1 Å². The van der Waals surface area contributed by atoms with Gasteiger partial charge in [0.1, 0.15) is 11.3 Å². The Kier molecular flexibility index (Phi) is 6.81. The lowest BCUT2D eigenvalue weighted by Crippen LogP contribution is -2.56. The second-order valence-electron chi connectivity index (χ2n) is 10.0. The van der Waals surface area contributed by atoms with E-state index in [2.05, 4.69) is 5.32 Å². The molecule has 40 heavy (non-hydrogen) atoms. The van der Waals surface area contributed by atoms with Gasteiger partial charge in [-0.25, -0.2) is 4.79 Å². The van der Waals surface area contributed by atoms with Gasteiger partial charge >= 0.3 is 6.03 Å². The summed E-state index contributed by atoms with van der Waals surface area (Å²) < 4.78 is 5.64. The summed E-state index contributed by atoms with van der Waals surface area (Å²) in [6, 6.07) is 27.5. The number of carbonyl (C=O) groups is 1. The van der Waals surface area contributed by atoms with Crippen LogP contribution in [0.15, 0.2) is 91.0 Å². The third kappa shape index (κ3) is 4.35. The molecule has 1 heterocycles. The Morgan fingerprint density at radius 1 is 0.800 bits per heavy atom. The first-order valence-electron chi connectivity index (χ1n) is 12.8. The maximum absolute atomic E-state index is 14.1. The summed E-state index contributed by atoms with van der Waals surface area (Å²) in [5.74, 6) is 0.637. The topological polar surface area (TPSA) is 91.2 Å². The van der Waals surface area contributed by atoms with Crippen molar-refractivity contribution in [3.63, 3.8) is 0 Å². The summed E-state index contributed by atoms with van der Waals surface area (Å²) in [6.07, 6.45) is 0. The van der Waals surface area contributed by atoms with Crippen molar-refractivity contribution >= 4 is 34.5 Å². The normalized spacial score (nSPS) is 13.7. The number of ether oxygens (including phenoxy) is 1. The minimum Gasteiger partial charge on any atom is -0.497 e. The van der Waals surface area contributed by atoms with Crippen LogP contribution in [0.2, 0.25) is 0 Å². The molecule has 0 saturated heterocycles. The standard InChI is InChI=1S/C31H31N5O4/c1-33(2)23-10-6-21(7-11-23)31(22-8-12-24(13-9-22)34(3)4)28-20-27(40-5)18-19-29(28)32-30(37)35(31)25-14-16-26(17-15-25)36(38)39/h6-20H,1-5H3,(H,32,37). The summed E-state index contributed by atoms with van der Waals surface area (Å²) in [5, 5.41) is 14.5. The number of anilines is 4. The van der Waals surface area contributed by atoms with Crippen molar-refractivity contribution in [2.45, 2.75) is 5.54 Å². The molecule has 9 nitrogen and oxygen atoms in total. The molecular weight excluding hydrogens is 506 g/mol. The molecule has 2 amide bonds. The number of carbonyl (C=O) groups excluding carboxylic acids is 1. The number of benzene rings is 4. The number of hydrogen-bond donors (Lipinski definition) is 1. The Balaban J connectivity index is 1.89. The summed E-state index contributed by atoms with van der Waals surface area (Å²) in [4.78, 5) is 30.8. The monoisotopic (exact) mass is 537 g/mol. The van der Waals surface area contributed by atoms with Crippen molar-refractivity contribution in [1.29, 1.82) is 0 Å². The fraction of sp³-hybridized carbons (Fsp3) is 0.194. The lowest BCUT2D eigenvalue weighted by Gasteiger charge is -2.49. The average molecular weight is 538 g/mol. The van der Waals surface area contributed by atoms with Gasteiger partial charge in [0.05, 0.1) is 12.0 Å². The molecule has 1 N–H and O–H groups in total. The van der Waals surface area contributed by atoms with Gasteiger partial charge in [0.15, 0.2) is 0 Å². The van der Waals surface area contributed by atoms with Crippen LogP contribution in [0.4, 0.5) is 33.2 Å². The molecule has 0 bridgehead atoms. The van der Waals surface area contributed by atoms with Crippen molar-refractivity contribution < 1.29 is 14.5 Å². The highest BCUT2D eigenvalue weighted by molar-refractivity contribution is 6.08.